The van der Waals surface area contributed by atoms with Crippen molar-refractivity contribution in [2.75, 3.05) is 11.9 Å². The highest BCUT2D eigenvalue weighted by Gasteiger charge is 2.27. The fourth-order valence-electron chi connectivity index (χ4n) is 1.94. The molecule has 7 heteroatoms. The molecular weight excluding hydrogens is 270 g/mol. The molecule has 0 aliphatic heterocycles. The lowest BCUT2D eigenvalue weighted by Gasteiger charge is -2.04. The predicted molar refractivity (Wildman–Crippen MR) is 75.8 cm³/mol. The molecule has 3 rings (SSSR count). The zero-order valence-electron chi connectivity index (χ0n) is 11.8. The lowest BCUT2D eigenvalue weighted by Crippen LogP contribution is -2.23. The van der Waals surface area contributed by atoms with Crippen molar-refractivity contribution < 1.29 is 9.32 Å². The topological polar surface area (TPSA) is 92.9 Å². The molecule has 0 bridgehead atoms. The first-order chi connectivity index (χ1) is 10.3. The third-order valence-corrected chi connectivity index (χ3v) is 3.24. The fourth-order valence-corrected chi connectivity index (χ4v) is 1.94. The zero-order valence-corrected chi connectivity index (χ0v) is 11.8. The Morgan fingerprint density at radius 1 is 1.38 bits per heavy atom. The van der Waals surface area contributed by atoms with E-state index in [1.807, 2.05) is 13.0 Å². The van der Waals surface area contributed by atoms with Crippen molar-refractivity contribution in [1.82, 2.24) is 20.4 Å². The first kappa shape index (κ1) is 13.5. The van der Waals surface area contributed by atoms with Crippen molar-refractivity contribution >= 4 is 11.9 Å². The maximum atomic E-state index is 12.0. The molecule has 0 saturated heterocycles. The molecule has 7 nitrogen and oxygen atoms in total. The number of aromatic nitrogens is 3. The Labute approximate surface area is 122 Å². The van der Waals surface area contributed by atoms with Gasteiger partial charge < -0.3 is 15.2 Å². The smallest absolute Gasteiger partial charge is 0.254 e. The molecule has 0 radical (unpaired) electrons. The lowest BCUT2D eigenvalue weighted by atomic mass is 10.2. The highest BCUT2D eigenvalue weighted by Crippen LogP contribution is 2.40. The molecule has 2 heterocycles. The molecule has 2 aromatic heterocycles. The van der Waals surface area contributed by atoms with Gasteiger partial charge in [0.05, 0.1) is 12.1 Å². The molecule has 110 valence electrons. The molecule has 0 unspecified atom stereocenters. The van der Waals surface area contributed by atoms with Crippen molar-refractivity contribution in [2.45, 2.75) is 32.2 Å². The molecule has 0 aromatic carbocycles. The average molecular weight is 287 g/mol. The Kier molecular flexibility index (Phi) is 3.81. The molecule has 1 amide bonds. The summed E-state index contributed by atoms with van der Waals surface area (Å²) in [4.78, 5) is 20.1. The minimum absolute atomic E-state index is 0.228. The normalized spacial score (nSPS) is 14.0. The summed E-state index contributed by atoms with van der Waals surface area (Å²) in [6.45, 7) is 3.03. The van der Waals surface area contributed by atoms with Gasteiger partial charge in [0.15, 0.2) is 0 Å². The van der Waals surface area contributed by atoms with Crippen molar-refractivity contribution in [2.24, 2.45) is 0 Å². The second-order valence-electron chi connectivity index (χ2n) is 5.00. The minimum Gasteiger partial charge on any atom is -0.361 e. The van der Waals surface area contributed by atoms with E-state index in [1.165, 1.54) is 12.4 Å². The van der Waals surface area contributed by atoms with Gasteiger partial charge in [-0.15, -0.1) is 0 Å². The number of amides is 1. The largest absolute Gasteiger partial charge is 0.361 e. The Balaban J connectivity index is 1.55. The molecule has 1 aliphatic rings. The second kappa shape index (κ2) is 5.90. The quantitative estimate of drug-likeness (QED) is 0.840. The third-order valence-electron chi connectivity index (χ3n) is 3.24. The molecule has 0 spiro atoms. The van der Waals surface area contributed by atoms with E-state index in [4.69, 9.17) is 4.52 Å². The van der Waals surface area contributed by atoms with Crippen molar-refractivity contribution in [3.8, 4) is 0 Å². The summed E-state index contributed by atoms with van der Waals surface area (Å²) in [6, 6.07) is 1.91. The highest BCUT2D eigenvalue weighted by atomic mass is 16.5. The van der Waals surface area contributed by atoms with Crippen molar-refractivity contribution in [1.29, 1.82) is 0 Å². The van der Waals surface area contributed by atoms with Gasteiger partial charge in [-0.05, 0) is 19.8 Å². The minimum atomic E-state index is -0.228. The van der Waals surface area contributed by atoms with Gasteiger partial charge in [0.1, 0.15) is 11.5 Å². The van der Waals surface area contributed by atoms with Crippen LogP contribution >= 0.6 is 0 Å². The van der Waals surface area contributed by atoms with Crippen molar-refractivity contribution in [3.05, 3.63) is 35.5 Å². The van der Waals surface area contributed by atoms with Gasteiger partial charge >= 0.3 is 0 Å². The number of nitrogens with one attached hydrogen (secondary N) is 2. The van der Waals surface area contributed by atoms with E-state index in [2.05, 4.69) is 25.8 Å². The Morgan fingerprint density at radius 2 is 2.14 bits per heavy atom. The van der Waals surface area contributed by atoms with Crippen LogP contribution < -0.4 is 10.6 Å². The lowest BCUT2D eigenvalue weighted by molar-refractivity contribution is 0.0949. The Hall–Kier alpha value is -2.44. The molecule has 1 aliphatic carbocycles. The van der Waals surface area contributed by atoms with E-state index in [-0.39, 0.29) is 5.91 Å². The standard InChI is InChI=1S/C14H17N5O2/c1-2-15-14-17-6-10(7-18-14)13(20)16-8-11-5-12(21-19-11)9-3-4-9/h5-7,9H,2-4,8H2,1H3,(H,16,20)(H,15,17,18). The molecule has 2 aromatic rings. The van der Waals surface area contributed by atoms with Crippen LogP contribution in [0.4, 0.5) is 5.95 Å². The van der Waals surface area contributed by atoms with Gasteiger partial charge in [-0.1, -0.05) is 5.16 Å². The predicted octanol–water partition coefficient (Wildman–Crippen LogP) is 1.70. The fraction of sp³-hybridized carbons (Fsp3) is 0.429. The molecular formula is C14H17N5O2. The first-order valence-corrected chi connectivity index (χ1v) is 7.06. The number of carbonyl (C=O) groups is 1. The Morgan fingerprint density at radius 3 is 2.81 bits per heavy atom. The number of hydrogen-bond acceptors (Lipinski definition) is 6. The maximum absolute atomic E-state index is 12.0. The number of anilines is 1. The second-order valence-corrected chi connectivity index (χ2v) is 5.00. The first-order valence-electron chi connectivity index (χ1n) is 7.06. The molecule has 1 fully saturated rings. The summed E-state index contributed by atoms with van der Waals surface area (Å²) in [6.07, 6.45) is 5.32. The number of nitrogens with zero attached hydrogens (tertiary/aromatic N) is 3. The average Bonchev–Trinajstić information content (AvgIpc) is 3.25. The van der Waals surface area contributed by atoms with Crippen LogP contribution in [0.25, 0.3) is 0 Å². The molecule has 1 saturated carbocycles. The number of hydrogen-bond donors (Lipinski definition) is 2. The van der Waals surface area contributed by atoms with Gasteiger partial charge in [-0.2, -0.15) is 0 Å². The number of rotatable bonds is 6. The van der Waals surface area contributed by atoms with E-state index in [0.717, 1.165) is 30.8 Å². The monoisotopic (exact) mass is 287 g/mol. The molecule has 2 N–H and O–H groups in total. The van der Waals surface area contributed by atoms with Gasteiger partial charge in [0, 0.05) is 30.9 Å². The number of carbonyl (C=O) groups excluding carboxylic acids is 1. The van der Waals surface area contributed by atoms with E-state index in [9.17, 15) is 4.79 Å². The van der Waals surface area contributed by atoms with E-state index in [0.29, 0.717) is 24.0 Å². The Bertz CT molecular complexity index is 619. The van der Waals surface area contributed by atoms with Crippen LogP contribution in [-0.4, -0.2) is 27.6 Å². The summed E-state index contributed by atoms with van der Waals surface area (Å²) < 4.78 is 5.23. The van der Waals surface area contributed by atoms with Crippen LogP contribution in [0.2, 0.25) is 0 Å². The summed E-state index contributed by atoms with van der Waals surface area (Å²) >= 11 is 0. The third kappa shape index (κ3) is 3.36. The summed E-state index contributed by atoms with van der Waals surface area (Å²) in [5, 5.41) is 9.70. The van der Waals surface area contributed by atoms with E-state index < -0.39 is 0 Å². The van der Waals surface area contributed by atoms with Gasteiger partial charge in [0.2, 0.25) is 5.95 Å². The van der Waals surface area contributed by atoms with Gasteiger partial charge in [-0.3, -0.25) is 4.79 Å². The molecule has 21 heavy (non-hydrogen) atoms. The van der Waals surface area contributed by atoms with Crippen LogP contribution in [0.5, 0.6) is 0 Å². The SMILES string of the molecule is CCNc1ncc(C(=O)NCc2cc(C3CC3)on2)cn1. The highest BCUT2D eigenvalue weighted by molar-refractivity contribution is 5.93. The van der Waals surface area contributed by atoms with E-state index in [1.54, 1.807) is 0 Å². The van der Waals surface area contributed by atoms with E-state index >= 15 is 0 Å². The van der Waals surface area contributed by atoms with Crippen LogP contribution in [0.15, 0.2) is 23.0 Å². The van der Waals surface area contributed by atoms with Crippen molar-refractivity contribution in [3.63, 3.8) is 0 Å². The zero-order chi connectivity index (χ0) is 14.7. The summed E-state index contributed by atoms with van der Waals surface area (Å²) in [5.74, 6) is 1.72. The van der Waals surface area contributed by atoms with Crippen LogP contribution in [0, 0.1) is 0 Å². The van der Waals surface area contributed by atoms with Crippen LogP contribution in [-0.2, 0) is 6.54 Å². The van der Waals surface area contributed by atoms with Gasteiger partial charge in [0.25, 0.3) is 5.91 Å². The van der Waals surface area contributed by atoms with Crippen LogP contribution in [0.1, 0.15) is 47.5 Å². The maximum Gasteiger partial charge on any atom is 0.254 e. The molecule has 0 atom stereocenters. The van der Waals surface area contributed by atoms with Crippen LogP contribution in [0.3, 0.4) is 0 Å². The summed E-state index contributed by atoms with van der Waals surface area (Å²) in [7, 11) is 0. The summed E-state index contributed by atoms with van der Waals surface area (Å²) in [5.41, 5.74) is 1.15. The van der Waals surface area contributed by atoms with Gasteiger partial charge in [-0.25, -0.2) is 9.97 Å².